The third-order valence-electron chi connectivity index (χ3n) is 5.95. The molecule has 0 spiro atoms. The number of rotatable bonds is 9. The summed E-state index contributed by atoms with van der Waals surface area (Å²) in [5.74, 6) is -1.64. The molecule has 0 heterocycles. The fraction of sp³-hybridized carbons (Fsp3) is 0.100. The molecule has 0 unspecified atom stereocenters. The first-order valence-electron chi connectivity index (χ1n) is 12.1. The number of aliphatic carboxylic acids is 1. The summed E-state index contributed by atoms with van der Waals surface area (Å²) >= 11 is 12.2. The first-order chi connectivity index (χ1) is 18.8. The molecule has 0 aliphatic carbocycles. The summed E-state index contributed by atoms with van der Waals surface area (Å²) in [7, 11) is 0. The highest BCUT2D eigenvalue weighted by Crippen LogP contribution is 2.25. The number of halogens is 2. The van der Waals surface area contributed by atoms with E-state index in [1.807, 2.05) is 42.5 Å². The zero-order valence-electron chi connectivity index (χ0n) is 20.7. The topological polar surface area (TPSA) is 108 Å². The number of carbonyl (C=O) groups excluding carboxylic acids is 2. The smallest absolute Gasteiger partial charge is 0.326 e. The van der Waals surface area contributed by atoms with E-state index in [4.69, 9.17) is 23.2 Å². The van der Waals surface area contributed by atoms with Gasteiger partial charge in [0.05, 0.1) is 15.6 Å². The molecule has 0 aliphatic rings. The van der Waals surface area contributed by atoms with Gasteiger partial charge in [-0.2, -0.15) is 0 Å². The molecule has 4 aromatic carbocycles. The molecule has 4 N–H and O–H groups in total. The van der Waals surface area contributed by atoms with Crippen LogP contribution in [0, 0.1) is 0 Å². The lowest BCUT2D eigenvalue weighted by atomic mass is 10.0. The summed E-state index contributed by atoms with van der Waals surface area (Å²) in [6.45, 7) is 0. The van der Waals surface area contributed by atoms with Gasteiger partial charge in [0.1, 0.15) is 6.04 Å². The van der Waals surface area contributed by atoms with Crippen molar-refractivity contribution in [3.8, 4) is 0 Å². The van der Waals surface area contributed by atoms with Crippen molar-refractivity contribution < 1.29 is 19.5 Å². The predicted octanol–water partition coefficient (Wildman–Crippen LogP) is 6.65. The Balaban J connectivity index is 1.38. The number of carboxylic acid groups (broad SMARTS) is 1. The monoisotopic (exact) mass is 561 g/mol. The van der Waals surface area contributed by atoms with E-state index in [0.29, 0.717) is 23.4 Å². The fourth-order valence-corrected chi connectivity index (χ4v) is 4.57. The molecule has 0 radical (unpaired) electrons. The maximum absolute atomic E-state index is 12.7. The second-order valence-electron chi connectivity index (χ2n) is 8.76. The normalized spacial score (nSPS) is 11.3. The molecule has 0 fully saturated rings. The van der Waals surface area contributed by atoms with Gasteiger partial charge in [-0.1, -0.05) is 89.9 Å². The van der Waals surface area contributed by atoms with Crippen molar-refractivity contribution in [2.75, 3.05) is 10.6 Å². The minimum absolute atomic E-state index is 0.0407. The second-order valence-corrected chi connectivity index (χ2v) is 9.58. The summed E-state index contributed by atoms with van der Waals surface area (Å²) in [4.78, 5) is 37.2. The van der Waals surface area contributed by atoms with Crippen LogP contribution in [0.5, 0.6) is 0 Å². The quantitative estimate of drug-likeness (QED) is 0.183. The molecule has 1 atom stereocenters. The van der Waals surface area contributed by atoms with Crippen LogP contribution in [-0.4, -0.2) is 29.1 Å². The summed E-state index contributed by atoms with van der Waals surface area (Å²) in [6.07, 6.45) is 0.657. The van der Waals surface area contributed by atoms with Crippen LogP contribution in [0.3, 0.4) is 0 Å². The van der Waals surface area contributed by atoms with Gasteiger partial charge in [0.2, 0.25) is 0 Å². The lowest BCUT2D eigenvalue weighted by Gasteiger charge is -2.17. The Morgan fingerprint density at radius 1 is 0.718 bits per heavy atom. The summed E-state index contributed by atoms with van der Waals surface area (Å²) in [5, 5.41) is 18.2. The van der Waals surface area contributed by atoms with E-state index in [9.17, 15) is 19.5 Å². The van der Waals surface area contributed by atoms with Crippen LogP contribution in [0.1, 0.15) is 27.0 Å². The van der Waals surface area contributed by atoms with Gasteiger partial charge in [0, 0.05) is 17.8 Å². The van der Waals surface area contributed by atoms with E-state index >= 15 is 0 Å². The third-order valence-corrected chi connectivity index (χ3v) is 6.58. The molecule has 0 bridgehead atoms. The molecule has 7 nitrogen and oxygen atoms in total. The summed E-state index contributed by atoms with van der Waals surface area (Å²) in [6, 6.07) is 26.8. The Labute approximate surface area is 235 Å². The van der Waals surface area contributed by atoms with Crippen molar-refractivity contribution in [3.63, 3.8) is 0 Å². The molecule has 0 saturated heterocycles. The number of para-hydroxylation sites is 1. The maximum Gasteiger partial charge on any atom is 0.326 e. The number of hydrogen-bond donors (Lipinski definition) is 4. The Morgan fingerprint density at radius 2 is 1.36 bits per heavy atom. The molecule has 4 rings (SSSR count). The molecule has 39 heavy (non-hydrogen) atoms. The molecule has 9 heteroatoms. The number of hydrogen-bond acceptors (Lipinski definition) is 3. The highest BCUT2D eigenvalue weighted by atomic mass is 35.5. The van der Waals surface area contributed by atoms with Crippen LogP contribution < -0.4 is 16.0 Å². The van der Waals surface area contributed by atoms with Gasteiger partial charge in [0.15, 0.2) is 0 Å². The van der Waals surface area contributed by atoms with Gasteiger partial charge in [-0.15, -0.1) is 0 Å². The highest BCUT2D eigenvalue weighted by molar-refractivity contribution is 6.40. The van der Waals surface area contributed by atoms with Crippen LogP contribution in [0.4, 0.5) is 16.2 Å². The number of benzene rings is 4. The molecular formula is C30H25Cl2N3O4. The van der Waals surface area contributed by atoms with E-state index in [-0.39, 0.29) is 22.0 Å². The third kappa shape index (κ3) is 7.60. The molecule has 198 valence electrons. The molecule has 0 aliphatic heterocycles. The predicted molar refractivity (Wildman–Crippen MR) is 154 cm³/mol. The van der Waals surface area contributed by atoms with Crippen LogP contribution in [0.25, 0.3) is 0 Å². The van der Waals surface area contributed by atoms with Crippen LogP contribution in [0.2, 0.25) is 10.0 Å². The van der Waals surface area contributed by atoms with E-state index < -0.39 is 23.9 Å². The van der Waals surface area contributed by atoms with Crippen LogP contribution in [-0.2, 0) is 17.6 Å². The minimum atomic E-state index is -1.17. The lowest BCUT2D eigenvalue weighted by Crippen LogP contribution is -2.44. The van der Waals surface area contributed by atoms with Gasteiger partial charge in [-0.25, -0.2) is 9.59 Å². The molecule has 4 aromatic rings. The second kappa shape index (κ2) is 13.0. The van der Waals surface area contributed by atoms with E-state index in [0.717, 1.165) is 11.1 Å². The number of carboxylic acids is 1. The number of carbonyl (C=O) groups is 3. The lowest BCUT2D eigenvalue weighted by molar-refractivity contribution is -0.139. The molecule has 0 aromatic heterocycles. The van der Waals surface area contributed by atoms with E-state index in [1.165, 1.54) is 0 Å². The van der Waals surface area contributed by atoms with Crippen molar-refractivity contribution in [2.45, 2.75) is 18.9 Å². The van der Waals surface area contributed by atoms with Crippen molar-refractivity contribution in [3.05, 3.63) is 129 Å². The van der Waals surface area contributed by atoms with Crippen LogP contribution >= 0.6 is 23.2 Å². The highest BCUT2D eigenvalue weighted by Gasteiger charge is 2.21. The van der Waals surface area contributed by atoms with Crippen molar-refractivity contribution in [1.82, 2.24) is 5.32 Å². The zero-order chi connectivity index (χ0) is 27.8. The molecule has 3 amide bonds. The Hall–Kier alpha value is -4.33. The first kappa shape index (κ1) is 27.7. The fourth-order valence-electron chi connectivity index (χ4n) is 4.00. The zero-order valence-corrected chi connectivity index (χ0v) is 22.2. The van der Waals surface area contributed by atoms with E-state index in [2.05, 4.69) is 16.0 Å². The SMILES string of the molecule is O=C(Nc1ccccc1Cc1ccccc1)N[C@@H](Cc1ccc(NC(=O)c2c(Cl)cccc2Cl)cc1)C(=O)O. The van der Waals surface area contributed by atoms with Gasteiger partial charge in [-0.3, -0.25) is 4.79 Å². The largest absolute Gasteiger partial charge is 0.480 e. The number of anilines is 2. The Morgan fingerprint density at radius 3 is 2.03 bits per heavy atom. The number of nitrogens with one attached hydrogen (secondary N) is 3. The summed E-state index contributed by atoms with van der Waals surface area (Å²) in [5.41, 5.74) is 3.89. The average Bonchev–Trinajstić information content (AvgIpc) is 2.91. The van der Waals surface area contributed by atoms with Crippen LogP contribution in [0.15, 0.2) is 97.1 Å². The standard InChI is InChI=1S/C30H25Cl2N3O4/c31-23-10-6-11-24(32)27(23)28(36)33-22-15-13-20(14-16-22)18-26(29(37)38)35-30(39)34-25-12-5-4-9-21(25)17-19-7-2-1-3-8-19/h1-16,26H,17-18H2,(H,33,36)(H,37,38)(H2,34,35,39)/t26-/m0/s1. The van der Waals surface area contributed by atoms with Crippen molar-refractivity contribution in [2.24, 2.45) is 0 Å². The molecular weight excluding hydrogens is 537 g/mol. The van der Waals surface area contributed by atoms with Crippen molar-refractivity contribution >= 4 is 52.5 Å². The minimum Gasteiger partial charge on any atom is -0.480 e. The van der Waals surface area contributed by atoms with Crippen molar-refractivity contribution in [1.29, 1.82) is 0 Å². The maximum atomic E-state index is 12.7. The number of amides is 3. The van der Waals surface area contributed by atoms with E-state index in [1.54, 1.807) is 54.6 Å². The average molecular weight is 562 g/mol. The molecule has 0 saturated carbocycles. The Bertz CT molecular complexity index is 1460. The van der Waals surface area contributed by atoms with Gasteiger partial charge in [-0.05, 0) is 53.4 Å². The first-order valence-corrected chi connectivity index (χ1v) is 12.8. The van der Waals surface area contributed by atoms with Gasteiger partial charge < -0.3 is 21.1 Å². The van der Waals surface area contributed by atoms with Gasteiger partial charge >= 0.3 is 12.0 Å². The Kier molecular flexibility index (Phi) is 9.20. The number of urea groups is 1. The summed E-state index contributed by atoms with van der Waals surface area (Å²) < 4.78 is 0. The van der Waals surface area contributed by atoms with Gasteiger partial charge in [0.25, 0.3) is 5.91 Å².